The maximum absolute atomic E-state index is 6.50. The number of benzene rings is 7. The Morgan fingerprint density at radius 1 is 0.453 bits per heavy atom. The summed E-state index contributed by atoms with van der Waals surface area (Å²) in [6.07, 6.45) is 6.35. The quantitative estimate of drug-likeness (QED) is 0.185. The van der Waals surface area contributed by atoms with Crippen molar-refractivity contribution in [1.29, 1.82) is 0 Å². The van der Waals surface area contributed by atoms with E-state index in [0.29, 0.717) is 0 Å². The Morgan fingerprint density at radius 2 is 1.15 bits per heavy atom. The monoisotopic (exact) mass is 683 g/mol. The number of rotatable bonds is 4. The first-order valence-corrected chi connectivity index (χ1v) is 18.1. The van der Waals surface area contributed by atoms with E-state index >= 15 is 0 Å². The van der Waals surface area contributed by atoms with Gasteiger partial charge < -0.3 is 22.6 Å². The van der Waals surface area contributed by atoms with E-state index in [1.807, 2.05) is 36.4 Å². The molecule has 250 valence electrons. The molecule has 7 aromatic carbocycles. The van der Waals surface area contributed by atoms with E-state index in [4.69, 9.17) is 17.7 Å². The average molecular weight is 684 g/mol. The minimum Gasteiger partial charge on any atom is -0.460 e. The minimum atomic E-state index is 0.813. The van der Waals surface area contributed by atoms with Crippen LogP contribution in [0.2, 0.25) is 0 Å². The van der Waals surface area contributed by atoms with Gasteiger partial charge in [-0.3, -0.25) is 0 Å². The van der Waals surface area contributed by atoms with Gasteiger partial charge in [0.05, 0.1) is 16.5 Å². The van der Waals surface area contributed by atoms with E-state index in [1.54, 1.807) is 0 Å². The fourth-order valence-electron chi connectivity index (χ4n) is 8.56. The van der Waals surface area contributed by atoms with Crippen molar-refractivity contribution in [3.63, 3.8) is 0 Å². The number of hydrogen-bond acceptors (Lipinski definition) is 5. The Morgan fingerprint density at radius 3 is 2.04 bits per heavy atom. The van der Waals surface area contributed by atoms with Gasteiger partial charge in [-0.2, -0.15) is 0 Å². The van der Waals surface area contributed by atoms with Crippen molar-refractivity contribution >= 4 is 99.9 Å². The van der Waals surface area contributed by atoms with Gasteiger partial charge in [0.25, 0.3) is 0 Å². The molecular weight excluding hydrogens is 655 g/mol. The highest BCUT2D eigenvalue weighted by atomic mass is 16.3. The molecule has 1 aliphatic rings. The molecular formula is C48H29NO4. The van der Waals surface area contributed by atoms with Gasteiger partial charge in [-0.25, -0.2) is 0 Å². The smallest absolute Gasteiger partial charge is 0.147 e. The van der Waals surface area contributed by atoms with Gasteiger partial charge in [0, 0.05) is 56.4 Å². The number of anilines is 3. The minimum absolute atomic E-state index is 0.813. The predicted octanol–water partition coefficient (Wildman–Crippen LogP) is 14.2. The Hall–Kier alpha value is -6.98. The molecule has 11 aromatic rings. The largest absolute Gasteiger partial charge is 0.460 e. The van der Waals surface area contributed by atoms with Crippen molar-refractivity contribution in [3.8, 4) is 11.1 Å². The zero-order valence-electron chi connectivity index (χ0n) is 28.4. The van der Waals surface area contributed by atoms with Gasteiger partial charge in [-0.15, -0.1) is 0 Å². The van der Waals surface area contributed by atoms with E-state index in [0.717, 1.165) is 124 Å². The molecule has 5 nitrogen and oxygen atoms in total. The lowest BCUT2D eigenvalue weighted by molar-refractivity contribution is 0.546. The Bertz CT molecular complexity index is 3300. The van der Waals surface area contributed by atoms with Crippen molar-refractivity contribution in [2.45, 2.75) is 12.8 Å². The third-order valence-electron chi connectivity index (χ3n) is 10.9. The van der Waals surface area contributed by atoms with Crippen LogP contribution in [0, 0.1) is 0 Å². The van der Waals surface area contributed by atoms with Gasteiger partial charge in [-0.1, -0.05) is 78.9 Å². The zero-order valence-corrected chi connectivity index (χ0v) is 28.4. The highest BCUT2D eigenvalue weighted by molar-refractivity contribution is 6.25. The summed E-state index contributed by atoms with van der Waals surface area (Å²) in [7, 11) is 0. The van der Waals surface area contributed by atoms with Crippen LogP contribution in [-0.2, 0) is 6.42 Å². The zero-order chi connectivity index (χ0) is 34.6. The summed E-state index contributed by atoms with van der Waals surface area (Å²) in [4.78, 5) is 2.32. The second kappa shape index (κ2) is 10.8. The Balaban J connectivity index is 1.06. The molecule has 5 heteroatoms. The Labute approximate surface area is 302 Å². The maximum atomic E-state index is 6.50. The molecule has 0 unspecified atom stereocenters. The first-order valence-electron chi connectivity index (χ1n) is 18.1. The molecule has 0 N–H and O–H groups in total. The van der Waals surface area contributed by atoms with Crippen LogP contribution >= 0.6 is 0 Å². The van der Waals surface area contributed by atoms with Crippen molar-refractivity contribution in [3.05, 3.63) is 157 Å². The lowest BCUT2D eigenvalue weighted by atomic mass is 9.98. The number of furan rings is 4. The third kappa shape index (κ3) is 4.13. The molecule has 0 fully saturated rings. The molecule has 0 saturated heterocycles. The van der Waals surface area contributed by atoms with Crippen LogP contribution in [0.5, 0.6) is 0 Å². The molecule has 0 atom stereocenters. The van der Waals surface area contributed by atoms with Crippen LogP contribution in [0.1, 0.15) is 17.7 Å². The number of fused-ring (bicyclic) bond motifs is 13. The summed E-state index contributed by atoms with van der Waals surface area (Å²) in [5, 5.41) is 7.52. The molecule has 0 saturated carbocycles. The topological polar surface area (TPSA) is 55.8 Å². The molecule has 12 rings (SSSR count). The fourth-order valence-corrected chi connectivity index (χ4v) is 8.56. The first kappa shape index (κ1) is 28.7. The van der Waals surface area contributed by atoms with Gasteiger partial charge in [0.1, 0.15) is 44.8 Å². The van der Waals surface area contributed by atoms with Crippen molar-refractivity contribution in [2.24, 2.45) is 0 Å². The standard InChI is InChI=1S/C48H29NO4/c1-4-14-38-32(9-1)34-24-23-30(27-44(34)51-38)49(37-13-8-18-41-45(37)36-11-3-6-16-40(36)50-41)29-21-19-28(20-22-29)31-12-7-17-42-46(31)47-43(52-42)26-25-35-33-10-2-5-15-39(33)53-48(35)47/h1-3,5-13,15-27H,4,14H2. The van der Waals surface area contributed by atoms with E-state index in [9.17, 15) is 0 Å². The third-order valence-corrected chi connectivity index (χ3v) is 10.9. The van der Waals surface area contributed by atoms with Crippen LogP contribution in [0.4, 0.5) is 17.1 Å². The summed E-state index contributed by atoms with van der Waals surface area (Å²) < 4.78 is 25.8. The average Bonchev–Trinajstić information content (AvgIpc) is 3.98. The number of nitrogens with zero attached hydrogens (tertiary/aromatic N) is 1. The van der Waals surface area contributed by atoms with Gasteiger partial charge in [0.15, 0.2) is 0 Å². The summed E-state index contributed by atoms with van der Waals surface area (Å²) >= 11 is 0. The SMILES string of the molecule is C1=Cc2c(oc3cc(N(c4ccc(-c5cccc6oc7ccc8c9ccccc9oc8c7c56)cc4)c4cccc5oc6ccccc6c45)ccc23)CC1. The van der Waals surface area contributed by atoms with Crippen molar-refractivity contribution in [1.82, 2.24) is 0 Å². The maximum Gasteiger partial charge on any atom is 0.147 e. The van der Waals surface area contributed by atoms with Gasteiger partial charge in [0.2, 0.25) is 0 Å². The second-order valence-corrected chi connectivity index (χ2v) is 13.9. The van der Waals surface area contributed by atoms with Crippen LogP contribution in [0.3, 0.4) is 0 Å². The van der Waals surface area contributed by atoms with Crippen molar-refractivity contribution in [2.75, 3.05) is 4.90 Å². The van der Waals surface area contributed by atoms with Gasteiger partial charge in [-0.05, 0) is 84.3 Å². The van der Waals surface area contributed by atoms with Crippen LogP contribution in [0.25, 0.3) is 94.0 Å². The molecule has 0 aliphatic heterocycles. The summed E-state index contributed by atoms with van der Waals surface area (Å²) in [5.74, 6) is 1.05. The summed E-state index contributed by atoms with van der Waals surface area (Å²) in [6.45, 7) is 0. The summed E-state index contributed by atoms with van der Waals surface area (Å²) in [5.41, 5.74) is 12.4. The van der Waals surface area contributed by atoms with Crippen LogP contribution in [0.15, 0.2) is 163 Å². The molecule has 1 aliphatic carbocycles. The molecule has 0 amide bonds. The molecule has 0 spiro atoms. The van der Waals surface area contributed by atoms with Crippen LogP contribution < -0.4 is 4.90 Å². The Kier molecular flexibility index (Phi) is 5.83. The number of aryl methyl sites for hydroxylation is 1. The normalized spacial score (nSPS) is 13.1. The van der Waals surface area contributed by atoms with E-state index < -0.39 is 0 Å². The lowest BCUT2D eigenvalue weighted by Gasteiger charge is -2.26. The van der Waals surface area contributed by atoms with Crippen LogP contribution in [-0.4, -0.2) is 0 Å². The molecule has 53 heavy (non-hydrogen) atoms. The fraction of sp³-hybridized carbons (Fsp3) is 0.0417. The van der Waals surface area contributed by atoms with E-state index in [-0.39, 0.29) is 0 Å². The number of hydrogen-bond donors (Lipinski definition) is 0. The molecule has 0 bridgehead atoms. The summed E-state index contributed by atoms with van der Waals surface area (Å²) in [6, 6.07) is 48.6. The predicted molar refractivity (Wildman–Crippen MR) is 216 cm³/mol. The van der Waals surface area contributed by atoms with Gasteiger partial charge >= 0.3 is 0 Å². The van der Waals surface area contributed by atoms with Crippen molar-refractivity contribution < 1.29 is 17.7 Å². The number of allylic oxidation sites excluding steroid dienone is 1. The van der Waals surface area contributed by atoms with E-state index in [1.165, 1.54) is 5.56 Å². The molecule has 4 aromatic heterocycles. The van der Waals surface area contributed by atoms with E-state index in [2.05, 4.69) is 120 Å². The highest BCUT2D eigenvalue weighted by Gasteiger charge is 2.23. The molecule has 4 heterocycles. The highest BCUT2D eigenvalue weighted by Crippen LogP contribution is 2.46. The second-order valence-electron chi connectivity index (χ2n) is 13.9. The first-order chi connectivity index (χ1) is 26.3. The lowest BCUT2D eigenvalue weighted by Crippen LogP contribution is -2.10. The number of para-hydroxylation sites is 2. The molecule has 0 radical (unpaired) electrons.